The second-order valence-corrected chi connectivity index (χ2v) is 9.96. The van der Waals surface area contributed by atoms with Crippen molar-refractivity contribution in [2.75, 3.05) is 17.2 Å². The third kappa shape index (κ3) is 5.98. The first-order valence-electron chi connectivity index (χ1n) is 12.3. The number of benzene rings is 2. The minimum Gasteiger partial charge on any atom is -0.462 e. The van der Waals surface area contributed by atoms with Crippen molar-refractivity contribution in [2.45, 2.75) is 51.2 Å². The lowest BCUT2D eigenvalue weighted by molar-refractivity contribution is 0.0526. The number of hydrogen-bond acceptors (Lipinski definition) is 9. The van der Waals surface area contributed by atoms with Gasteiger partial charge in [-0.05, 0) is 56.4 Å². The molecule has 36 heavy (non-hydrogen) atoms. The number of nitrogens with zero attached hydrogens (tertiary/aromatic N) is 3. The van der Waals surface area contributed by atoms with E-state index in [0.29, 0.717) is 35.5 Å². The van der Waals surface area contributed by atoms with Crippen LogP contribution in [0.4, 0.5) is 16.9 Å². The van der Waals surface area contributed by atoms with Crippen molar-refractivity contribution in [3.05, 3.63) is 71.4 Å². The van der Waals surface area contributed by atoms with Gasteiger partial charge in [-0.15, -0.1) is 0 Å². The van der Waals surface area contributed by atoms with Crippen LogP contribution in [-0.4, -0.2) is 44.8 Å². The topological polar surface area (TPSA) is 109 Å². The lowest BCUT2D eigenvalue weighted by Gasteiger charge is -2.26. The van der Waals surface area contributed by atoms with E-state index in [1.165, 1.54) is 16.9 Å². The number of fused-ring (bicyclic) bond motifs is 1. The molecule has 0 saturated heterocycles. The van der Waals surface area contributed by atoms with Gasteiger partial charge in [0.1, 0.15) is 5.82 Å². The Kier molecular flexibility index (Phi) is 7.39. The molecule has 1 fully saturated rings. The molecule has 0 amide bonds. The summed E-state index contributed by atoms with van der Waals surface area (Å²) in [7, 11) is 0. The Balaban J connectivity index is 1.40. The molecule has 0 bridgehead atoms. The molecule has 1 aliphatic rings. The summed E-state index contributed by atoms with van der Waals surface area (Å²) < 4.78 is 6.00. The van der Waals surface area contributed by atoms with Gasteiger partial charge >= 0.3 is 5.97 Å². The Hall–Kier alpha value is -3.56. The number of nitrogens with one attached hydrogen (secondary N) is 2. The van der Waals surface area contributed by atoms with Crippen molar-refractivity contribution in [1.29, 1.82) is 0 Å². The number of aliphatic hydroxyl groups excluding tert-OH is 1. The monoisotopic (exact) mass is 503 g/mol. The zero-order valence-corrected chi connectivity index (χ0v) is 20.9. The highest BCUT2D eigenvalue weighted by Crippen LogP contribution is 2.30. The van der Waals surface area contributed by atoms with E-state index < -0.39 is 0 Å². The van der Waals surface area contributed by atoms with Crippen LogP contribution in [0.25, 0.3) is 10.2 Å². The van der Waals surface area contributed by atoms with Gasteiger partial charge < -0.3 is 20.5 Å². The molecule has 0 radical (unpaired) electrons. The number of carbonyl (C=O) groups is 1. The van der Waals surface area contributed by atoms with Crippen LogP contribution >= 0.6 is 11.3 Å². The summed E-state index contributed by atoms with van der Waals surface area (Å²) in [6.07, 6.45) is 3.80. The standard InChI is InChI=1S/C27H29N5O3S/c1-2-35-25(34)18-8-13-22-23(15-18)36-27(30-22)32-24-16-20(14-17-6-4-3-5-7-17)29-26(31-24)28-19-9-11-21(33)12-10-19/h3-8,13,15-16,19,21,33H,2,9-12,14H2,1H3,(H2,28,29,30,31,32)/t19-,21-. The van der Waals surface area contributed by atoms with Gasteiger partial charge in [0.15, 0.2) is 5.13 Å². The molecule has 0 spiro atoms. The minimum absolute atomic E-state index is 0.214. The second kappa shape index (κ2) is 11.0. The van der Waals surface area contributed by atoms with E-state index in [2.05, 4.69) is 27.8 Å². The molecule has 2 heterocycles. The summed E-state index contributed by atoms with van der Waals surface area (Å²) in [5.41, 5.74) is 3.37. The number of ether oxygens (including phenoxy) is 1. The molecule has 1 saturated carbocycles. The third-order valence-electron chi connectivity index (χ3n) is 6.17. The van der Waals surface area contributed by atoms with Crippen molar-refractivity contribution in [3.8, 4) is 0 Å². The maximum absolute atomic E-state index is 12.1. The lowest BCUT2D eigenvalue weighted by Crippen LogP contribution is -2.29. The summed E-state index contributed by atoms with van der Waals surface area (Å²) in [5, 5.41) is 17.3. The average molecular weight is 504 g/mol. The number of carbonyl (C=O) groups excluding carboxylic acids is 1. The quantitative estimate of drug-likeness (QED) is 0.278. The van der Waals surface area contributed by atoms with E-state index in [1.807, 2.05) is 36.4 Å². The fourth-order valence-corrected chi connectivity index (χ4v) is 5.27. The molecule has 3 N–H and O–H groups in total. The lowest BCUT2D eigenvalue weighted by atomic mass is 9.93. The number of hydrogen-bond donors (Lipinski definition) is 3. The number of aliphatic hydroxyl groups is 1. The van der Waals surface area contributed by atoms with Crippen LogP contribution in [0.15, 0.2) is 54.6 Å². The van der Waals surface area contributed by atoms with Gasteiger partial charge in [-0.2, -0.15) is 4.98 Å². The highest BCUT2D eigenvalue weighted by Gasteiger charge is 2.20. The predicted octanol–water partition coefficient (Wildman–Crippen LogP) is 5.31. The van der Waals surface area contributed by atoms with Crippen molar-refractivity contribution in [1.82, 2.24) is 15.0 Å². The molecule has 2 aromatic heterocycles. The first-order chi connectivity index (χ1) is 17.6. The first kappa shape index (κ1) is 24.1. The van der Waals surface area contributed by atoms with Gasteiger partial charge in [0.05, 0.1) is 34.2 Å². The third-order valence-corrected chi connectivity index (χ3v) is 7.11. The van der Waals surface area contributed by atoms with Gasteiger partial charge in [0, 0.05) is 18.5 Å². The van der Waals surface area contributed by atoms with Crippen LogP contribution in [0.5, 0.6) is 0 Å². The number of esters is 1. The summed E-state index contributed by atoms with van der Waals surface area (Å²) in [6, 6.07) is 17.8. The second-order valence-electron chi connectivity index (χ2n) is 8.93. The van der Waals surface area contributed by atoms with Crippen LogP contribution in [0.2, 0.25) is 0 Å². The Labute approximate surface area is 213 Å². The Morgan fingerprint density at radius 2 is 1.86 bits per heavy atom. The Morgan fingerprint density at radius 1 is 1.06 bits per heavy atom. The zero-order chi connectivity index (χ0) is 24.9. The molecular formula is C27H29N5O3S. The maximum atomic E-state index is 12.1. The number of anilines is 3. The number of thiazole rings is 1. The molecular weight excluding hydrogens is 474 g/mol. The molecule has 2 aromatic carbocycles. The Morgan fingerprint density at radius 3 is 2.64 bits per heavy atom. The molecule has 8 nitrogen and oxygen atoms in total. The normalized spacial score (nSPS) is 17.6. The number of rotatable bonds is 8. The SMILES string of the molecule is CCOC(=O)c1ccc2nc(Nc3cc(Cc4ccccc4)nc(N[C@H]4CC[C@H](O)CC4)n3)sc2c1. The van der Waals surface area contributed by atoms with E-state index in [4.69, 9.17) is 14.7 Å². The van der Waals surface area contributed by atoms with Gasteiger partial charge in [-0.25, -0.2) is 14.8 Å². The summed E-state index contributed by atoms with van der Waals surface area (Å²) in [5.74, 6) is 0.881. The maximum Gasteiger partial charge on any atom is 0.338 e. The summed E-state index contributed by atoms with van der Waals surface area (Å²) in [4.78, 5) is 26.3. The molecule has 4 aromatic rings. The highest BCUT2D eigenvalue weighted by atomic mass is 32.1. The van der Waals surface area contributed by atoms with Crippen LogP contribution in [0.3, 0.4) is 0 Å². The largest absolute Gasteiger partial charge is 0.462 e. The van der Waals surface area contributed by atoms with E-state index in [9.17, 15) is 9.90 Å². The van der Waals surface area contributed by atoms with Crippen LogP contribution in [0.1, 0.15) is 54.2 Å². The van der Waals surface area contributed by atoms with E-state index in [1.54, 1.807) is 13.0 Å². The van der Waals surface area contributed by atoms with Crippen molar-refractivity contribution < 1.29 is 14.6 Å². The molecule has 9 heteroatoms. The van der Waals surface area contributed by atoms with Gasteiger partial charge in [-0.3, -0.25) is 0 Å². The summed E-state index contributed by atoms with van der Waals surface area (Å²) >= 11 is 1.45. The van der Waals surface area contributed by atoms with E-state index >= 15 is 0 Å². The van der Waals surface area contributed by atoms with Crippen LogP contribution in [0, 0.1) is 0 Å². The molecule has 0 atom stereocenters. The van der Waals surface area contributed by atoms with E-state index in [-0.39, 0.29) is 18.1 Å². The molecule has 1 aliphatic carbocycles. The first-order valence-corrected chi connectivity index (χ1v) is 13.1. The van der Waals surface area contributed by atoms with Crippen molar-refractivity contribution in [3.63, 3.8) is 0 Å². The molecule has 186 valence electrons. The predicted molar refractivity (Wildman–Crippen MR) is 142 cm³/mol. The van der Waals surface area contributed by atoms with Crippen molar-refractivity contribution in [2.24, 2.45) is 0 Å². The van der Waals surface area contributed by atoms with Crippen molar-refractivity contribution >= 4 is 44.4 Å². The van der Waals surface area contributed by atoms with Gasteiger partial charge in [0.2, 0.25) is 5.95 Å². The smallest absolute Gasteiger partial charge is 0.338 e. The van der Waals surface area contributed by atoms with Crippen LogP contribution in [-0.2, 0) is 11.2 Å². The Bertz CT molecular complexity index is 1340. The zero-order valence-electron chi connectivity index (χ0n) is 20.1. The van der Waals surface area contributed by atoms with Crippen LogP contribution < -0.4 is 10.6 Å². The highest BCUT2D eigenvalue weighted by molar-refractivity contribution is 7.22. The fourth-order valence-electron chi connectivity index (χ4n) is 4.35. The molecule has 0 unspecified atom stereocenters. The fraction of sp³-hybridized carbons (Fsp3) is 0.333. The summed E-state index contributed by atoms with van der Waals surface area (Å²) in [6.45, 7) is 2.13. The average Bonchev–Trinajstić information content (AvgIpc) is 3.27. The minimum atomic E-state index is -0.338. The van der Waals surface area contributed by atoms with Gasteiger partial charge in [0.25, 0.3) is 0 Å². The molecule has 5 rings (SSSR count). The molecule has 0 aliphatic heterocycles. The number of aromatic nitrogens is 3. The van der Waals surface area contributed by atoms with Gasteiger partial charge in [-0.1, -0.05) is 41.7 Å². The van der Waals surface area contributed by atoms with E-state index in [0.717, 1.165) is 41.6 Å².